The molecule has 1 fully saturated rings. The molecular formula is C13H21N3. The highest BCUT2D eigenvalue weighted by Gasteiger charge is 2.17. The van der Waals surface area contributed by atoms with Gasteiger partial charge in [-0.15, -0.1) is 0 Å². The summed E-state index contributed by atoms with van der Waals surface area (Å²) in [5.74, 6) is 0. The Balaban J connectivity index is 2.08. The van der Waals surface area contributed by atoms with Gasteiger partial charge in [0.2, 0.25) is 0 Å². The van der Waals surface area contributed by atoms with Gasteiger partial charge in [-0.1, -0.05) is 13.0 Å². The average Bonchev–Trinajstić information content (AvgIpc) is 2.29. The van der Waals surface area contributed by atoms with Gasteiger partial charge in [-0.05, 0) is 31.2 Å². The monoisotopic (exact) mass is 219 g/mol. The minimum absolute atomic E-state index is 0.907. The number of nitrogens with zero attached hydrogens (tertiary/aromatic N) is 2. The molecule has 1 aliphatic rings. The first-order valence-corrected chi connectivity index (χ1v) is 6.04. The number of benzene rings is 1. The van der Waals surface area contributed by atoms with Gasteiger partial charge in [-0.25, -0.2) is 0 Å². The Hall–Kier alpha value is -1.22. The van der Waals surface area contributed by atoms with Gasteiger partial charge in [0.15, 0.2) is 0 Å². The van der Waals surface area contributed by atoms with Gasteiger partial charge in [0.25, 0.3) is 0 Å². The van der Waals surface area contributed by atoms with Crippen LogP contribution in [0.25, 0.3) is 0 Å². The molecule has 0 amide bonds. The number of aryl methyl sites for hydroxylation is 1. The Morgan fingerprint density at radius 3 is 2.44 bits per heavy atom. The minimum Gasteiger partial charge on any atom is -0.397 e. The van der Waals surface area contributed by atoms with Gasteiger partial charge in [-0.3, -0.25) is 0 Å². The lowest BCUT2D eigenvalue weighted by molar-refractivity contribution is 0.271. The third kappa shape index (κ3) is 2.30. The fraction of sp³-hybridized carbons (Fsp3) is 0.538. The van der Waals surface area contributed by atoms with E-state index in [1.165, 1.54) is 11.3 Å². The van der Waals surface area contributed by atoms with Crippen LogP contribution in [0.15, 0.2) is 18.2 Å². The van der Waals surface area contributed by atoms with E-state index in [0.717, 1.165) is 38.4 Å². The second-order valence-corrected chi connectivity index (χ2v) is 4.48. The summed E-state index contributed by atoms with van der Waals surface area (Å²) in [5, 5.41) is 0. The SMILES string of the molecule is CCN1CCN(c2ccc(C)cc2N)CC1. The standard InChI is InChI=1S/C13H21N3/c1-3-15-6-8-16(9-7-15)13-5-4-11(2)10-12(13)14/h4-5,10H,3,6-9,14H2,1-2H3. The fourth-order valence-electron chi connectivity index (χ4n) is 2.27. The van der Waals surface area contributed by atoms with E-state index >= 15 is 0 Å². The third-order valence-corrected chi connectivity index (χ3v) is 3.34. The Morgan fingerprint density at radius 2 is 1.88 bits per heavy atom. The van der Waals surface area contributed by atoms with Gasteiger partial charge >= 0.3 is 0 Å². The molecule has 2 rings (SSSR count). The fourth-order valence-corrected chi connectivity index (χ4v) is 2.27. The molecule has 3 heteroatoms. The van der Waals surface area contributed by atoms with E-state index in [1.54, 1.807) is 0 Å². The van der Waals surface area contributed by atoms with Crippen LogP contribution in [0, 0.1) is 6.92 Å². The molecule has 0 spiro atoms. The van der Waals surface area contributed by atoms with Crippen LogP contribution in [-0.4, -0.2) is 37.6 Å². The first-order valence-electron chi connectivity index (χ1n) is 6.04. The summed E-state index contributed by atoms with van der Waals surface area (Å²) in [6.45, 7) is 9.90. The van der Waals surface area contributed by atoms with Crippen LogP contribution in [-0.2, 0) is 0 Å². The summed E-state index contributed by atoms with van der Waals surface area (Å²) in [6.07, 6.45) is 0. The van der Waals surface area contributed by atoms with Crippen LogP contribution in [0.2, 0.25) is 0 Å². The molecule has 16 heavy (non-hydrogen) atoms. The molecule has 1 aromatic rings. The van der Waals surface area contributed by atoms with Crippen molar-refractivity contribution in [3.63, 3.8) is 0 Å². The number of anilines is 2. The lowest BCUT2D eigenvalue weighted by atomic mass is 10.1. The van der Waals surface area contributed by atoms with Crippen molar-refractivity contribution in [1.29, 1.82) is 0 Å². The predicted octanol–water partition coefficient (Wildman–Crippen LogP) is 1.72. The molecule has 1 aromatic carbocycles. The molecule has 0 aliphatic carbocycles. The van der Waals surface area contributed by atoms with Crippen molar-refractivity contribution < 1.29 is 0 Å². The van der Waals surface area contributed by atoms with Crippen LogP contribution in [0.4, 0.5) is 11.4 Å². The van der Waals surface area contributed by atoms with E-state index in [2.05, 4.69) is 41.8 Å². The summed E-state index contributed by atoms with van der Waals surface area (Å²) in [7, 11) is 0. The highest BCUT2D eigenvalue weighted by atomic mass is 15.3. The van der Waals surface area contributed by atoms with Crippen LogP contribution in [0.1, 0.15) is 12.5 Å². The highest BCUT2D eigenvalue weighted by Crippen LogP contribution is 2.25. The van der Waals surface area contributed by atoms with Gasteiger partial charge in [0, 0.05) is 26.2 Å². The summed E-state index contributed by atoms with van der Waals surface area (Å²) in [6, 6.07) is 6.34. The summed E-state index contributed by atoms with van der Waals surface area (Å²) < 4.78 is 0. The molecule has 1 aliphatic heterocycles. The smallest absolute Gasteiger partial charge is 0.0601 e. The topological polar surface area (TPSA) is 32.5 Å². The molecule has 0 unspecified atom stereocenters. The number of hydrogen-bond acceptors (Lipinski definition) is 3. The zero-order chi connectivity index (χ0) is 11.5. The van der Waals surface area contributed by atoms with Crippen molar-refractivity contribution in [1.82, 2.24) is 4.90 Å². The molecule has 88 valence electrons. The van der Waals surface area contributed by atoms with E-state index in [1.807, 2.05) is 0 Å². The lowest BCUT2D eigenvalue weighted by Crippen LogP contribution is -2.46. The molecule has 3 nitrogen and oxygen atoms in total. The number of nitrogen functional groups attached to an aromatic ring is 1. The molecule has 0 atom stereocenters. The van der Waals surface area contributed by atoms with Crippen molar-refractivity contribution in [3.8, 4) is 0 Å². The highest BCUT2D eigenvalue weighted by molar-refractivity contribution is 5.68. The quantitative estimate of drug-likeness (QED) is 0.769. The number of nitrogens with two attached hydrogens (primary N) is 1. The molecular weight excluding hydrogens is 198 g/mol. The van der Waals surface area contributed by atoms with Crippen LogP contribution >= 0.6 is 0 Å². The number of rotatable bonds is 2. The summed E-state index contributed by atoms with van der Waals surface area (Å²) in [4.78, 5) is 4.86. The van der Waals surface area contributed by atoms with Crippen molar-refractivity contribution in [3.05, 3.63) is 23.8 Å². The zero-order valence-electron chi connectivity index (χ0n) is 10.2. The maximum atomic E-state index is 6.06. The first kappa shape index (κ1) is 11.3. The largest absolute Gasteiger partial charge is 0.397 e. The average molecular weight is 219 g/mol. The summed E-state index contributed by atoms with van der Waals surface area (Å²) in [5.41, 5.74) is 9.40. The number of piperazine rings is 1. The van der Waals surface area contributed by atoms with Gasteiger partial charge in [-0.2, -0.15) is 0 Å². The third-order valence-electron chi connectivity index (χ3n) is 3.34. The van der Waals surface area contributed by atoms with E-state index in [4.69, 9.17) is 5.73 Å². The Bertz CT molecular complexity index is 354. The lowest BCUT2D eigenvalue weighted by Gasteiger charge is -2.36. The number of likely N-dealkylation sites (N-methyl/N-ethyl adjacent to an activating group) is 1. The normalized spacial score (nSPS) is 17.8. The molecule has 2 N–H and O–H groups in total. The first-order chi connectivity index (χ1) is 7.70. The zero-order valence-corrected chi connectivity index (χ0v) is 10.2. The van der Waals surface area contributed by atoms with Crippen molar-refractivity contribution >= 4 is 11.4 Å². The van der Waals surface area contributed by atoms with E-state index in [0.29, 0.717) is 0 Å². The maximum absolute atomic E-state index is 6.06. The Morgan fingerprint density at radius 1 is 1.19 bits per heavy atom. The predicted molar refractivity (Wildman–Crippen MR) is 69.9 cm³/mol. The number of hydrogen-bond donors (Lipinski definition) is 1. The second-order valence-electron chi connectivity index (χ2n) is 4.48. The van der Waals surface area contributed by atoms with E-state index in [-0.39, 0.29) is 0 Å². The van der Waals surface area contributed by atoms with Gasteiger partial charge in [0.05, 0.1) is 11.4 Å². The molecule has 0 radical (unpaired) electrons. The van der Waals surface area contributed by atoms with Crippen molar-refractivity contribution in [2.45, 2.75) is 13.8 Å². The van der Waals surface area contributed by atoms with Crippen LogP contribution in [0.5, 0.6) is 0 Å². The Kier molecular flexibility index (Phi) is 3.34. The second kappa shape index (κ2) is 4.74. The molecule has 1 saturated heterocycles. The van der Waals surface area contributed by atoms with Crippen LogP contribution < -0.4 is 10.6 Å². The van der Waals surface area contributed by atoms with Crippen molar-refractivity contribution in [2.75, 3.05) is 43.4 Å². The van der Waals surface area contributed by atoms with Gasteiger partial charge in [0.1, 0.15) is 0 Å². The Labute approximate surface area is 97.8 Å². The molecule has 0 aromatic heterocycles. The van der Waals surface area contributed by atoms with E-state index < -0.39 is 0 Å². The molecule has 1 heterocycles. The molecule has 0 bridgehead atoms. The van der Waals surface area contributed by atoms with E-state index in [9.17, 15) is 0 Å². The summed E-state index contributed by atoms with van der Waals surface area (Å²) >= 11 is 0. The minimum atomic E-state index is 0.907. The van der Waals surface area contributed by atoms with Gasteiger partial charge < -0.3 is 15.5 Å². The maximum Gasteiger partial charge on any atom is 0.0601 e. The molecule has 0 saturated carbocycles. The van der Waals surface area contributed by atoms with Crippen LogP contribution in [0.3, 0.4) is 0 Å². The van der Waals surface area contributed by atoms with Crippen molar-refractivity contribution in [2.24, 2.45) is 0 Å².